The van der Waals surface area contributed by atoms with Crippen molar-refractivity contribution in [3.05, 3.63) is 53.1 Å². The van der Waals surface area contributed by atoms with Gasteiger partial charge in [-0.1, -0.05) is 34.9 Å². The normalized spacial score (nSPS) is 26.1. The van der Waals surface area contributed by atoms with Crippen LogP contribution in [0.4, 0.5) is 0 Å². The Labute approximate surface area is 154 Å². The molecule has 1 heterocycles. The number of sulfonamides is 1. The van der Waals surface area contributed by atoms with E-state index in [0.717, 1.165) is 21.0 Å². The van der Waals surface area contributed by atoms with Crippen LogP contribution in [0, 0.1) is 12.3 Å². The predicted molar refractivity (Wildman–Crippen MR) is 98.9 cm³/mol. The van der Waals surface area contributed by atoms with Crippen LogP contribution < -0.4 is 0 Å². The molecule has 0 unspecified atom stereocenters. The summed E-state index contributed by atoms with van der Waals surface area (Å²) >= 11 is 0. The lowest BCUT2D eigenvalue weighted by Crippen LogP contribution is -2.58. The summed E-state index contributed by atoms with van der Waals surface area (Å²) in [5.74, 6) is -0.720. The Kier molecular flexibility index (Phi) is 4.43. The minimum Gasteiger partial charge on any atom is -0.299 e. The Hall–Kier alpha value is -2.21. The molecule has 1 aromatic carbocycles. The highest BCUT2D eigenvalue weighted by atomic mass is 32.2. The summed E-state index contributed by atoms with van der Waals surface area (Å²) in [7, 11) is -4.05. The van der Waals surface area contributed by atoms with Crippen molar-refractivity contribution in [2.24, 2.45) is 5.41 Å². The summed E-state index contributed by atoms with van der Waals surface area (Å²) < 4.78 is 27.4. The van der Waals surface area contributed by atoms with Gasteiger partial charge in [-0.05, 0) is 52.7 Å². The van der Waals surface area contributed by atoms with Gasteiger partial charge in [0, 0.05) is 6.08 Å². The van der Waals surface area contributed by atoms with Gasteiger partial charge in [-0.15, -0.1) is 0 Å². The zero-order valence-electron chi connectivity index (χ0n) is 15.4. The second-order valence-corrected chi connectivity index (χ2v) is 9.15. The van der Waals surface area contributed by atoms with E-state index in [1.165, 1.54) is 25.1 Å². The van der Waals surface area contributed by atoms with Crippen LogP contribution in [0.1, 0.15) is 39.2 Å². The fourth-order valence-electron chi connectivity index (χ4n) is 3.85. The minimum absolute atomic E-state index is 0.0631. The molecular weight excluding hydrogens is 350 g/mol. The first-order valence-electron chi connectivity index (χ1n) is 8.60. The Morgan fingerprint density at radius 1 is 1.12 bits per heavy atom. The third-order valence-electron chi connectivity index (χ3n) is 5.64. The summed E-state index contributed by atoms with van der Waals surface area (Å²) in [5, 5.41) is 0. The maximum Gasteiger partial charge on any atom is 0.267 e. The number of allylic oxidation sites excluding steroid dienone is 1. The number of Topliss-reactive ketones (excluding diaryl/α,β-unsaturated/α-hetero) is 1. The van der Waals surface area contributed by atoms with Gasteiger partial charge in [0.1, 0.15) is 5.78 Å². The van der Waals surface area contributed by atoms with Crippen molar-refractivity contribution in [2.75, 3.05) is 0 Å². The van der Waals surface area contributed by atoms with Crippen LogP contribution in [0.2, 0.25) is 0 Å². The van der Waals surface area contributed by atoms with Crippen LogP contribution in [0.3, 0.4) is 0 Å². The third-order valence-corrected chi connectivity index (χ3v) is 7.46. The molecular formula is C20H23NO4S. The first-order chi connectivity index (χ1) is 12.1. The molecule has 26 heavy (non-hydrogen) atoms. The minimum atomic E-state index is -4.05. The zero-order chi connectivity index (χ0) is 19.3. The lowest BCUT2D eigenvalue weighted by molar-refractivity contribution is -0.132. The van der Waals surface area contributed by atoms with Gasteiger partial charge in [0.2, 0.25) is 0 Å². The number of nitrogens with zero attached hydrogens (tertiary/aromatic N) is 1. The van der Waals surface area contributed by atoms with Gasteiger partial charge in [0.25, 0.3) is 15.9 Å². The van der Waals surface area contributed by atoms with Crippen molar-refractivity contribution < 1.29 is 18.0 Å². The van der Waals surface area contributed by atoms with E-state index >= 15 is 0 Å². The first kappa shape index (κ1) is 18.6. The van der Waals surface area contributed by atoms with Crippen molar-refractivity contribution >= 4 is 21.7 Å². The zero-order valence-corrected chi connectivity index (χ0v) is 16.3. The molecule has 1 amide bonds. The molecule has 0 saturated carbocycles. The molecule has 1 aliphatic heterocycles. The van der Waals surface area contributed by atoms with Crippen molar-refractivity contribution in [3.8, 4) is 0 Å². The second-order valence-electron chi connectivity index (χ2n) is 7.34. The van der Waals surface area contributed by atoms with E-state index in [2.05, 4.69) is 0 Å². The van der Waals surface area contributed by atoms with Crippen molar-refractivity contribution in [2.45, 2.75) is 51.5 Å². The van der Waals surface area contributed by atoms with E-state index in [-0.39, 0.29) is 10.7 Å². The standard InChI is InChI=1S/C20H23NO4S/c1-13-5-7-17(8-6-13)26(24,25)21-18-11-14(2)15(3)12-20(18,16(4)22)10-9-19(21)23/h5-10,18H,11-12H2,1-4H3/t18-,20+/m1/s1. The molecule has 0 fully saturated rings. The Balaban J connectivity index is 2.18. The van der Waals surface area contributed by atoms with Crippen LogP contribution in [0.15, 0.2) is 52.5 Å². The molecule has 0 radical (unpaired) electrons. The number of hydrogen-bond acceptors (Lipinski definition) is 4. The van der Waals surface area contributed by atoms with Gasteiger partial charge in [0.15, 0.2) is 0 Å². The Morgan fingerprint density at radius 2 is 1.73 bits per heavy atom. The molecule has 0 spiro atoms. The van der Waals surface area contributed by atoms with E-state index in [4.69, 9.17) is 0 Å². The number of ketones is 1. The fourth-order valence-corrected chi connectivity index (χ4v) is 5.45. The lowest BCUT2D eigenvalue weighted by Gasteiger charge is -2.47. The summed E-state index contributed by atoms with van der Waals surface area (Å²) in [5.41, 5.74) is 2.04. The topological polar surface area (TPSA) is 71.5 Å². The third kappa shape index (κ3) is 2.72. The van der Waals surface area contributed by atoms with E-state index in [1.54, 1.807) is 18.2 Å². The molecule has 2 atom stereocenters. The lowest BCUT2D eigenvalue weighted by atomic mass is 9.65. The molecule has 0 saturated heterocycles. The number of hydrogen-bond donors (Lipinski definition) is 0. The number of rotatable bonds is 3. The average Bonchev–Trinajstić information content (AvgIpc) is 2.56. The smallest absolute Gasteiger partial charge is 0.267 e. The van der Waals surface area contributed by atoms with Crippen LogP contribution in [-0.2, 0) is 19.6 Å². The molecule has 0 bridgehead atoms. The Morgan fingerprint density at radius 3 is 2.31 bits per heavy atom. The van der Waals surface area contributed by atoms with Gasteiger partial charge in [-0.3, -0.25) is 9.59 Å². The molecule has 1 aliphatic carbocycles. The maximum absolute atomic E-state index is 13.3. The molecule has 0 N–H and O–H groups in total. The number of benzene rings is 1. The number of fused-ring (bicyclic) bond motifs is 1. The molecule has 2 aliphatic rings. The number of carbonyl (C=O) groups is 2. The SMILES string of the molecule is CC(=O)[C@@]12C=CC(=O)N(S(=O)(=O)c3ccc(C)cc3)[C@@H]1CC(C)=C(C)C2. The van der Waals surface area contributed by atoms with Gasteiger partial charge in [0.05, 0.1) is 16.4 Å². The quantitative estimate of drug-likeness (QED) is 0.763. The van der Waals surface area contributed by atoms with Crippen LogP contribution in [0.5, 0.6) is 0 Å². The molecule has 5 nitrogen and oxygen atoms in total. The van der Waals surface area contributed by atoms with E-state index in [1.807, 2.05) is 20.8 Å². The maximum atomic E-state index is 13.3. The molecule has 1 aromatic rings. The molecule has 138 valence electrons. The number of amides is 1. The summed E-state index contributed by atoms with van der Waals surface area (Å²) in [4.78, 5) is 25.2. The highest BCUT2D eigenvalue weighted by molar-refractivity contribution is 7.89. The van der Waals surface area contributed by atoms with Gasteiger partial charge in [-0.2, -0.15) is 0 Å². The number of carbonyl (C=O) groups excluding carboxylic acids is 2. The molecule has 3 rings (SSSR count). The second kappa shape index (κ2) is 6.20. The largest absolute Gasteiger partial charge is 0.299 e. The van der Waals surface area contributed by atoms with Crippen molar-refractivity contribution in [1.29, 1.82) is 0 Å². The molecule has 0 aromatic heterocycles. The average molecular weight is 373 g/mol. The van der Waals surface area contributed by atoms with Gasteiger partial charge >= 0.3 is 0 Å². The van der Waals surface area contributed by atoms with Crippen LogP contribution in [-0.4, -0.2) is 30.5 Å². The monoisotopic (exact) mass is 373 g/mol. The fraction of sp³-hybridized carbons (Fsp3) is 0.400. The number of aryl methyl sites for hydroxylation is 1. The summed E-state index contributed by atoms with van der Waals surface area (Å²) in [6, 6.07) is 5.68. The van der Waals surface area contributed by atoms with E-state index in [9.17, 15) is 18.0 Å². The summed E-state index contributed by atoms with van der Waals surface area (Å²) in [6.07, 6.45) is 3.64. The predicted octanol–water partition coefficient (Wildman–Crippen LogP) is 3.16. The van der Waals surface area contributed by atoms with Gasteiger partial charge < -0.3 is 0 Å². The first-order valence-corrected chi connectivity index (χ1v) is 10.0. The highest BCUT2D eigenvalue weighted by Crippen LogP contribution is 2.47. The van der Waals surface area contributed by atoms with Crippen LogP contribution >= 0.6 is 0 Å². The van der Waals surface area contributed by atoms with Crippen LogP contribution in [0.25, 0.3) is 0 Å². The molecule has 6 heteroatoms. The van der Waals surface area contributed by atoms with Crippen molar-refractivity contribution in [3.63, 3.8) is 0 Å². The van der Waals surface area contributed by atoms with E-state index < -0.39 is 27.4 Å². The highest BCUT2D eigenvalue weighted by Gasteiger charge is 2.53. The summed E-state index contributed by atoms with van der Waals surface area (Å²) in [6.45, 7) is 7.22. The Bertz CT molecular complexity index is 941. The van der Waals surface area contributed by atoms with Gasteiger partial charge in [-0.25, -0.2) is 12.7 Å². The van der Waals surface area contributed by atoms with Crippen molar-refractivity contribution in [1.82, 2.24) is 4.31 Å². The van der Waals surface area contributed by atoms with E-state index in [0.29, 0.717) is 12.8 Å².